The molecule has 1 unspecified atom stereocenters. The van der Waals surface area contributed by atoms with E-state index in [1.165, 1.54) is 0 Å². The van der Waals surface area contributed by atoms with Gasteiger partial charge < -0.3 is 5.11 Å². The maximum atomic E-state index is 10.3. The number of aliphatic carboxylic acids is 1. The second-order valence-electron chi connectivity index (χ2n) is 3.02. The molecule has 1 N–H and O–H groups in total. The van der Waals surface area contributed by atoms with Crippen molar-refractivity contribution in [3.63, 3.8) is 0 Å². The third-order valence-electron chi connectivity index (χ3n) is 2.04. The smallest absolute Gasteiger partial charge is 0.317 e. The third kappa shape index (κ3) is 1.80. The first-order valence-electron chi connectivity index (χ1n) is 3.72. The van der Waals surface area contributed by atoms with Crippen LogP contribution in [-0.4, -0.2) is 35.1 Å². The molecule has 0 aromatic carbocycles. The first kappa shape index (κ1) is 8.27. The Morgan fingerprint density at radius 2 is 2.45 bits per heavy atom. The van der Waals surface area contributed by atoms with Gasteiger partial charge in [-0.3, -0.25) is 9.69 Å². The first-order valence-corrected chi connectivity index (χ1v) is 3.72. The monoisotopic (exact) mass is 155 g/mol. The number of carboxylic acid groups (broad SMARTS) is 1. The van der Waals surface area contributed by atoms with Gasteiger partial charge >= 0.3 is 5.97 Å². The summed E-state index contributed by atoms with van der Waals surface area (Å²) in [5.74, 6) is -0.754. The average Bonchev–Trinajstić information content (AvgIpc) is 1.78. The summed E-state index contributed by atoms with van der Waals surface area (Å²) in [5, 5.41) is 8.48. The van der Waals surface area contributed by atoms with Crippen LogP contribution in [0.15, 0.2) is 12.2 Å². The highest BCUT2D eigenvalue weighted by molar-refractivity contribution is 5.69. The van der Waals surface area contributed by atoms with Crippen molar-refractivity contribution in [2.45, 2.75) is 19.4 Å². The van der Waals surface area contributed by atoms with Crippen molar-refractivity contribution in [3.8, 4) is 0 Å². The van der Waals surface area contributed by atoms with Crippen LogP contribution in [0.3, 0.4) is 0 Å². The lowest BCUT2D eigenvalue weighted by Gasteiger charge is -2.40. The summed E-state index contributed by atoms with van der Waals surface area (Å²) in [6, 6.07) is 0.311. The summed E-state index contributed by atoms with van der Waals surface area (Å²) < 4.78 is 0. The molecule has 1 saturated heterocycles. The molecule has 0 aromatic rings. The highest BCUT2D eigenvalue weighted by Gasteiger charge is 2.29. The number of hydrogen-bond acceptors (Lipinski definition) is 2. The molecule has 62 valence electrons. The van der Waals surface area contributed by atoms with E-state index in [0.29, 0.717) is 6.04 Å². The predicted molar refractivity (Wildman–Crippen MR) is 42.4 cm³/mol. The highest BCUT2D eigenvalue weighted by Crippen LogP contribution is 2.22. The summed E-state index contributed by atoms with van der Waals surface area (Å²) in [4.78, 5) is 12.2. The van der Waals surface area contributed by atoms with Gasteiger partial charge in [-0.05, 0) is 13.3 Å². The summed E-state index contributed by atoms with van der Waals surface area (Å²) in [7, 11) is 0. The van der Waals surface area contributed by atoms with Gasteiger partial charge in [-0.1, -0.05) is 12.2 Å². The minimum atomic E-state index is -0.754. The number of nitrogens with zero attached hydrogens (tertiary/aromatic N) is 1. The van der Waals surface area contributed by atoms with Crippen LogP contribution in [0.4, 0.5) is 0 Å². The molecule has 0 spiro atoms. The van der Waals surface area contributed by atoms with Crippen molar-refractivity contribution in [2.24, 2.45) is 0 Å². The lowest BCUT2D eigenvalue weighted by molar-refractivity contribution is -0.140. The molecule has 0 aliphatic carbocycles. The second kappa shape index (κ2) is 3.05. The Labute approximate surface area is 66.3 Å². The van der Waals surface area contributed by atoms with Gasteiger partial charge in [0.15, 0.2) is 0 Å². The van der Waals surface area contributed by atoms with Crippen molar-refractivity contribution in [3.05, 3.63) is 12.2 Å². The molecule has 11 heavy (non-hydrogen) atoms. The van der Waals surface area contributed by atoms with E-state index in [9.17, 15) is 4.79 Å². The number of hydrogen-bond donors (Lipinski definition) is 1. The standard InChI is InChI=1S/C8H13NO2/c1-6(2)7-3-4-9(7)5-8(10)11/h7H,1,3-5H2,2H3,(H,10,11). The summed E-state index contributed by atoms with van der Waals surface area (Å²) in [6.07, 6.45) is 1.06. The van der Waals surface area contributed by atoms with Gasteiger partial charge in [-0.25, -0.2) is 0 Å². The number of carboxylic acids is 1. The third-order valence-corrected chi connectivity index (χ3v) is 2.04. The zero-order chi connectivity index (χ0) is 8.43. The van der Waals surface area contributed by atoms with Crippen molar-refractivity contribution in [1.82, 2.24) is 4.90 Å². The van der Waals surface area contributed by atoms with Crippen molar-refractivity contribution in [1.29, 1.82) is 0 Å². The SMILES string of the molecule is C=C(C)C1CCN1CC(=O)O. The minimum Gasteiger partial charge on any atom is -0.480 e. The van der Waals surface area contributed by atoms with Gasteiger partial charge in [0.25, 0.3) is 0 Å². The molecule has 0 amide bonds. The molecule has 1 fully saturated rings. The van der Waals surface area contributed by atoms with E-state index in [1.807, 2.05) is 11.8 Å². The summed E-state index contributed by atoms with van der Waals surface area (Å²) in [5.41, 5.74) is 1.07. The topological polar surface area (TPSA) is 40.5 Å². The molecule has 1 rings (SSSR count). The highest BCUT2D eigenvalue weighted by atomic mass is 16.4. The largest absolute Gasteiger partial charge is 0.480 e. The Morgan fingerprint density at radius 1 is 1.82 bits per heavy atom. The molecule has 1 aliphatic rings. The molecule has 3 nitrogen and oxygen atoms in total. The Morgan fingerprint density at radius 3 is 2.73 bits per heavy atom. The fourth-order valence-electron chi connectivity index (χ4n) is 1.36. The molecule has 1 atom stereocenters. The molecule has 1 heterocycles. The Hall–Kier alpha value is -0.830. The van der Waals surface area contributed by atoms with E-state index >= 15 is 0 Å². The minimum absolute atomic E-state index is 0.150. The fraction of sp³-hybridized carbons (Fsp3) is 0.625. The van der Waals surface area contributed by atoms with Gasteiger partial charge in [0.1, 0.15) is 0 Å². The van der Waals surface area contributed by atoms with Crippen LogP contribution in [0, 0.1) is 0 Å². The molecule has 1 aliphatic heterocycles. The Bertz CT molecular complexity index is 189. The van der Waals surface area contributed by atoms with Crippen molar-refractivity contribution >= 4 is 5.97 Å². The maximum absolute atomic E-state index is 10.3. The van der Waals surface area contributed by atoms with Crippen LogP contribution in [0.1, 0.15) is 13.3 Å². The van der Waals surface area contributed by atoms with E-state index in [2.05, 4.69) is 6.58 Å². The van der Waals surface area contributed by atoms with Crippen LogP contribution >= 0.6 is 0 Å². The number of rotatable bonds is 3. The van der Waals surface area contributed by atoms with E-state index in [1.54, 1.807) is 0 Å². The molecule has 0 saturated carbocycles. The van der Waals surface area contributed by atoms with Gasteiger partial charge in [-0.2, -0.15) is 0 Å². The zero-order valence-electron chi connectivity index (χ0n) is 6.71. The van der Waals surface area contributed by atoms with E-state index in [0.717, 1.165) is 18.5 Å². The predicted octanol–water partition coefficient (Wildman–Crippen LogP) is 0.721. The van der Waals surface area contributed by atoms with E-state index < -0.39 is 5.97 Å². The maximum Gasteiger partial charge on any atom is 0.317 e. The molecule has 0 bridgehead atoms. The second-order valence-corrected chi connectivity index (χ2v) is 3.02. The zero-order valence-corrected chi connectivity index (χ0v) is 6.71. The van der Waals surface area contributed by atoms with Crippen LogP contribution in [0.5, 0.6) is 0 Å². The van der Waals surface area contributed by atoms with Crippen LogP contribution in [0.2, 0.25) is 0 Å². The van der Waals surface area contributed by atoms with Crippen LogP contribution in [-0.2, 0) is 4.79 Å². The normalized spacial score (nSPS) is 24.3. The molecular formula is C8H13NO2. The van der Waals surface area contributed by atoms with Gasteiger partial charge in [0.05, 0.1) is 6.54 Å². The summed E-state index contributed by atoms with van der Waals surface area (Å²) in [6.45, 7) is 6.79. The van der Waals surface area contributed by atoms with Crippen molar-refractivity contribution in [2.75, 3.05) is 13.1 Å². The Kier molecular flexibility index (Phi) is 2.29. The number of likely N-dealkylation sites (tertiary alicyclic amines) is 1. The quantitative estimate of drug-likeness (QED) is 0.610. The Balaban J connectivity index is 2.37. The first-order chi connectivity index (χ1) is 5.11. The van der Waals surface area contributed by atoms with Gasteiger partial charge in [0.2, 0.25) is 0 Å². The lowest BCUT2D eigenvalue weighted by Crippen LogP contribution is -2.50. The van der Waals surface area contributed by atoms with Gasteiger partial charge in [0, 0.05) is 12.6 Å². The van der Waals surface area contributed by atoms with Crippen LogP contribution < -0.4 is 0 Å². The van der Waals surface area contributed by atoms with Crippen LogP contribution in [0.25, 0.3) is 0 Å². The van der Waals surface area contributed by atoms with Crippen molar-refractivity contribution < 1.29 is 9.90 Å². The van der Waals surface area contributed by atoms with E-state index in [4.69, 9.17) is 5.11 Å². The van der Waals surface area contributed by atoms with E-state index in [-0.39, 0.29) is 6.54 Å². The average molecular weight is 155 g/mol. The molecular weight excluding hydrogens is 142 g/mol. The molecule has 0 aromatic heterocycles. The summed E-state index contributed by atoms with van der Waals surface area (Å²) >= 11 is 0. The van der Waals surface area contributed by atoms with Gasteiger partial charge in [-0.15, -0.1) is 0 Å². The fourth-order valence-corrected chi connectivity index (χ4v) is 1.36. The lowest BCUT2D eigenvalue weighted by atomic mass is 9.97. The molecule has 0 radical (unpaired) electrons. The molecule has 3 heteroatoms. The number of carbonyl (C=O) groups is 1.